The van der Waals surface area contributed by atoms with E-state index in [4.69, 9.17) is 9.47 Å². The van der Waals surface area contributed by atoms with Gasteiger partial charge >= 0.3 is 11.9 Å². The summed E-state index contributed by atoms with van der Waals surface area (Å²) in [6.07, 6.45) is 1.73. The highest BCUT2D eigenvalue weighted by Crippen LogP contribution is 2.33. The van der Waals surface area contributed by atoms with E-state index in [1.54, 1.807) is 42.7 Å². The van der Waals surface area contributed by atoms with Gasteiger partial charge in [-0.2, -0.15) is 0 Å². The van der Waals surface area contributed by atoms with Crippen LogP contribution in [0.15, 0.2) is 62.8 Å². The van der Waals surface area contributed by atoms with Crippen molar-refractivity contribution in [1.82, 2.24) is 4.57 Å². The summed E-state index contributed by atoms with van der Waals surface area (Å²) in [5.74, 6) is -0.495. The van der Waals surface area contributed by atoms with Gasteiger partial charge < -0.3 is 9.47 Å². The number of thiophene rings is 1. The van der Waals surface area contributed by atoms with Crippen LogP contribution in [0.5, 0.6) is 5.75 Å². The van der Waals surface area contributed by atoms with Gasteiger partial charge in [0.15, 0.2) is 4.80 Å². The molecular weight excluding hydrogens is 448 g/mol. The summed E-state index contributed by atoms with van der Waals surface area (Å²) < 4.78 is 12.4. The number of rotatable bonds is 5. The first-order valence-electron chi connectivity index (χ1n) is 9.90. The maximum Gasteiger partial charge on any atom is 0.338 e. The van der Waals surface area contributed by atoms with Crippen LogP contribution < -0.4 is 19.6 Å². The Bertz CT molecular complexity index is 1400. The number of carbonyl (C=O) groups excluding carboxylic acids is 2. The van der Waals surface area contributed by atoms with Gasteiger partial charge in [0.05, 0.1) is 22.4 Å². The number of thiazole rings is 1. The lowest BCUT2D eigenvalue weighted by Gasteiger charge is -2.23. The van der Waals surface area contributed by atoms with E-state index in [2.05, 4.69) is 4.99 Å². The van der Waals surface area contributed by atoms with E-state index in [1.165, 1.54) is 29.6 Å². The minimum atomic E-state index is -0.597. The van der Waals surface area contributed by atoms with E-state index in [0.717, 1.165) is 4.88 Å². The molecule has 1 aliphatic rings. The molecule has 4 rings (SSSR count). The van der Waals surface area contributed by atoms with Gasteiger partial charge in [-0.1, -0.05) is 29.5 Å². The molecule has 0 radical (unpaired) electrons. The highest BCUT2D eigenvalue weighted by Gasteiger charge is 2.33. The Morgan fingerprint density at radius 1 is 1.25 bits per heavy atom. The molecule has 3 aromatic rings. The molecule has 1 atom stereocenters. The van der Waals surface area contributed by atoms with E-state index < -0.39 is 18.0 Å². The predicted octanol–water partition coefficient (Wildman–Crippen LogP) is 2.79. The molecule has 32 heavy (non-hydrogen) atoms. The maximum absolute atomic E-state index is 13.4. The second-order valence-corrected chi connectivity index (χ2v) is 8.97. The quantitative estimate of drug-likeness (QED) is 0.425. The third-order valence-electron chi connectivity index (χ3n) is 4.75. The number of esters is 2. The smallest absolute Gasteiger partial charge is 0.338 e. The van der Waals surface area contributed by atoms with Gasteiger partial charge in [0, 0.05) is 11.8 Å². The van der Waals surface area contributed by atoms with Gasteiger partial charge in [0.25, 0.3) is 5.56 Å². The van der Waals surface area contributed by atoms with Crippen molar-refractivity contribution in [1.29, 1.82) is 0 Å². The zero-order chi connectivity index (χ0) is 22.8. The van der Waals surface area contributed by atoms with Gasteiger partial charge in [0.2, 0.25) is 0 Å². The van der Waals surface area contributed by atoms with Crippen molar-refractivity contribution in [3.63, 3.8) is 0 Å². The van der Waals surface area contributed by atoms with Gasteiger partial charge in [-0.25, -0.2) is 9.79 Å². The zero-order valence-electron chi connectivity index (χ0n) is 17.7. The fourth-order valence-corrected chi connectivity index (χ4v) is 5.36. The van der Waals surface area contributed by atoms with Crippen molar-refractivity contribution >= 4 is 40.7 Å². The van der Waals surface area contributed by atoms with Crippen molar-refractivity contribution in [2.75, 3.05) is 6.61 Å². The SMILES string of the molecule is CCOC(=O)C1=C(C)N=c2s/c(=C\c3cccc(OC(C)=O)c3)c(=O)n2[C@@H]1c1cccs1. The van der Waals surface area contributed by atoms with Gasteiger partial charge in [-0.05, 0) is 49.1 Å². The zero-order valence-corrected chi connectivity index (χ0v) is 19.3. The lowest BCUT2D eigenvalue weighted by atomic mass is 10.0. The molecule has 0 bridgehead atoms. The molecule has 0 unspecified atom stereocenters. The summed E-state index contributed by atoms with van der Waals surface area (Å²) in [5.41, 5.74) is 1.36. The van der Waals surface area contributed by atoms with Crippen LogP contribution in [0.4, 0.5) is 0 Å². The maximum atomic E-state index is 13.4. The average Bonchev–Trinajstić information content (AvgIpc) is 3.36. The molecule has 0 N–H and O–H groups in total. The lowest BCUT2D eigenvalue weighted by molar-refractivity contribution is -0.139. The third-order valence-corrected chi connectivity index (χ3v) is 6.65. The molecule has 164 valence electrons. The Balaban J connectivity index is 1.88. The molecular formula is C23H20N2O5S2. The molecule has 3 heterocycles. The van der Waals surface area contributed by atoms with Gasteiger partial charge in [-0.15, -0.1) is 11.3 Å². The largest absolute Gasteiger partial charge is 0.463 e. The summed E-state index contributed by atoms with van der Waals surface area (Å²) >= 11 is 2.71. The third kappa shape index (κ3) is 4.21. The first-order valence-corrected chi connectivity index (χ1v) is 11.6. The number of nitrogens with zero attached hydrogens (tertiary/aromatic N) is 2. The number of allylic oxidation sites excluding steroid dienone is 1. The monoisotopic (exact) mass is 468 g/mol. The molecule has 0 spiro atoms. The molecule has 1 aromatic carbocycles. The standard InChI is InChI=1S/C23H20N2O5S2/c1-4-29-22(28)19-13(2)24-23-25(20(19)17-9-6-10-31-17)21(27)18(32-23)12-15-7-5-8-16(11-15)30-14(3)26/h5-12,20H,4H2,1-3H3/b18-12-/t20-/m1/s1. The minimum Gasteiger partial charge on any atom is -0.463 e. The molecule has 0 saturated carbocycles. The first kappa shape index (κ1) is 21.9. The molecule has 0 aliphatic carbocycles. The van der Waals surface area contributed by atoms with E-state index in [0.29, 0.717) is 31.9 Å². The number of fused-ring (bicyclic) bond motifs is 1. The van der Waals surface area contributed by atoms with Crippen LogP contribution in [0.2, 0.25) is 0 Å². The summed E-state index contributed by atoms with van der Waals surface area (Å²) in [7, 11) is 0. The predicted molar refractivity (Wildman–Crippen MR) is 122 cm³/mol. The van der Waals surface area contributed by atoms with E-state index in [9.17, 15) is 14.4 Å². The topological polar surface area (TPSA) is 87.0 Å². The number of hydrogen-bond acceptors (Lipinski definition) is 8. The molecule has 7 nitrogen and oxygen atoms in total. The molecule has 2 aromatic heterocycles. The van der Waals surface area contributed by atoms with Crippen molar-refractivity contribution in [2.45, 2.75) is 26.8 Å². The molecule has 9 heteroatoms. The van der Waals surface area contributed by atoms with E-state index in [1.807, 2.05) is 23.6 Å². The minimum absolute atomic E-state index is 0.232. The molecule has 1 aliphatic heterocycles. The number of ether oxygens (including phenoxy) is 2. The molecule has 0 fully saturated rings. The Hall–Kier alpha value is -3.30. The highest BCUT2D eigenvalue weighted by atomic mass is 32.1. The van der Waals surface area contributed by atoms with Crippen LogP contribution in [0.3, 0.4) is 0 Å². The van der Waals surface area contributed by atoms with Crippen LogP contribution in [0.25, 0.3) is 6.08 Å². The molecule has 0 saturated heterocycles. The van der Waals surface area contributed by atoms with Crippen molar-refractivity contribution < 1.29 is 19.1 Å². The van der Waals surface area contributed by atoms with Crippen LogP contribution >= 0.6 is 22.7 Å². The summed E-state index contributed by atoms with van der Waals surface area (Å²) in [6, 6.07) is 10.1. The number of benzene rings is 1. The Labute approximate surface area is 191 Å². The van der Waals surface area contributed by atoms with Crippen molar-refractivity contribution in [3.05, 3.63) is 83.2 Å². The lowest BCUT2D eigenvalue weighted by Crippen LogP contribution is -2.39. The second kappa shape index (κ2) is 9.05. The number of carbonyl (C=O) groups is 2. The van der Waals surface area contributed by atoms with Gasteiger partial charge in [-0.3, -0.25) is 14.2 Å². The normalized spacial score (nSPS) is 15.8. The molecule has 0 amide bonds. The Kier molecular flexibility index (Phi) is 6.20. The van der Waals surface area contributed by atoms with Crippen LogP contribution in [0, 0.1) is 0 Å². The van der Waals surface area contributed by atoms with E-state index in [-0.39, 0.29) is 12.2 Å². The van der Waals surface area contributed by atoms with Gasteiger partial charge in [0.1, 0.15) is 11.8 Å². The summed E-state index contributed by atoms with van der Waals surface area (Å²) in [5, 5.41) is 1.91. The number of aromatic nitrogens is 1. The fourth-order valence-electron chi connectivity index (χ4n) is 3.49. The second-order valence-electron chi connectivity index (χ2n) is 6.98. The number of hydrogen-bond donors (Lipinski definition) is 0. The van der Waals surface area contributed by atoms with Crippen molar-refractivity contribution in [2.24, 2.45) is 4.99 Å². The van der Waals surface area contributed by atoms with Crippen molar-refractivity contribution in [3.8, 4) is 5.75 Å². The van der Waals surface area contributed by atoms with Crippen LogP contribution in [-0.4, -0.2) is 23.1 Å². The average molecular weight is 469 g/mol. The fraction of sp³-hybridized carbons (Fsp3) is 0.217. The first-order chi connectivity index (χ1) is 15.4. The summed E-state index contributed by atoms with van der Waals surface area (Å²) in [6.45, 7) is 5.06. The Morgan fingerprint density at radius 3 is 2.75 bits per heavy atom. The van der Waals surface area contributed by atoms with Crippen LogP contribution in [0.1, 0.15) is 37.3 Å². The van der Waals surface area contributed by atoms with Crippen LogP contribution in [-0.2, 0) is 14.3 Å². The summed E-state index contributed by atoms with van der Waals surface area (Å²) in [4.78, 5) is 43.4. The highest BCUT2D eigenvalue weighted by molar-refractivity contribution is 7.10. The van der Waals surface area contributed by atoms with E-state index >= 15 is 0 Å². The Morgan fingerprint density at radius 2 is 2.06 bits per heavy atom.